The van der Waals surface area contributed by atoms with Crippen molar-refractivity contribution in [3.8, 4) is 0 Å². The molecule has 0 radical (unpaired) electrons. The Bertz CT molecular complexity index is 823. The molecule has 0 aromatic heterocycles. The van der Waals surface area contributed by atoms with E-state index in [2.05, 4.69) is 0 Å². The van der Waals surface area contributed by atoms with E-state index < -0.39 is 4.92 Å². The highest BCUT2D eigenvalue weighted by atomic mass is 32.2. The first-order valence-electron chi connectivity index (χ1n) is 11.7. The van der Waals surface area contributed by atoms with Crippen LogP contribution in [0.3, 0.4) is 0 Å². The second-order valence-corrected chi connectivity index (χ2v) is 8.96. The summed E-state index contributed by atoms with van der Waals surface area (Å²) in [7, 11) is 3.20. The van der Waals surface area contributed by atoms with Gasteiger partial charge in [-0.3, -0.25) is 24.6 Å². The molecular weight excluding hydrogens is 494 g/mol. The lowest BCUT2D eigenvalue weighted by molar-refractivity contribution is -0.385. The van der Waals surface area contributed by atoms with Crippen molar-refractivity contribution in [1.29, 1.82) is 0 Å². The predicted octanol–water partition coefficient (Wildman–Crippen LogP) is 2.08. The summed E-state index contributed by atoms with van der Waals surface area (Å²) >= 11 is 0.875. The summed E-state index contributed by atoms with van der Waals surface area (Å²) in [6.45, 7) is 5.68. The van der Waals surface area contributed by atoms with Crippen molar-refractivity contribution < 1.29 is 38.2 Å². The van der Waals surface area contributed by atoms with Crippen LogP contribution < -0.4 is 0 Å². The lowest BCUT2D eigenvalue weighted by Gasteiger charge is -2.24. The predicted molar refractivity (Wildman–Crippen MR) is 133 cm³/mol. The number of carbonyl (C=O) groups excluding carboxylic acids is 2. The molecule has 1 aromatic carbocycles. The van der Waals surface area contributed by atoms with Gasteiger partial charge in [-0.2, -0.15) is 0 Å². The summed E-state index contributed by atoms with van der Waals surface area (Å²) in [6, 6.07) is 2.60. The summed E-state index contributed by atoms with van der Waals surface area (Å²) in [4.78, 5) is 38.9. The van der Waals surface area contributed by atoms with E-state index in [0.29, 0.717) is 95.9 Å². The number of nitrogens with zero attached hydrogens (tertiary/aromatic N) is 3. The first-order chi connectivity index (χ1) is 17.4. The lowest BCUT2D eigenvalue weighted by atomic mass is 10.1. The number of thioether (sulfide) groups is 1. The Labute approximate surface area is 215 Å². The monoisotopic (exact) mass is 529 g/mol. The Hall–Kier alpha value is -2.13. The second-order valence-electron chi connectivity index (χ2n) is 8.00. The second kappa shape index (κ2) is 17.3. The van der Waals surface area contributed by atoms with E-state index in [1.807, 2.05) is 4.90 Å². The van der Waals surface area contributed by atoms with Crippen molar-refractivity contribution in [3.63, 3.8) is 0 Å². The minimum absolute atomic E-state index is 0.103. The average Bonchev–Trinajstić information content (AvgIpc) is 2.85. The summed E-state index contributed by atoms with van der Waals surface area (Å²) in [5, 5.41) is 11.2. The van der Waals surface area contributed by atoms with Gasteiger partial charge < -0.3 is 28.6 Å². The Balaban J connectivity index is 2.17. The quantitative estimate of drug-likeness (QED) is 0.240. The normalized spacial score (nSPS) is 18.1. The molecule has 0 spiro atoms. The van der Waals surface area contributed by atoms with E-state index in [4.69, 9.17) is 23.7 Å². The zero-order chi connectivity index (χ0) is 26.2. The maximum absolute atomic E-state index is 12.4. The molecule has 36 heavy (non-hydrogen) atoms. The molecule has 202 valence electrons. The Morgan fingerprint density at radius 1 is 0.944 bits per heavy atom. The number of benzene rings is 1. The fraction of sp³-hybridized carbons (Fsp3) is 0.652. The standard InChI is InChI=1S/C23H35N3O9S/c1-24(2)23(28)36-22-19(15-21(26(29)30)16-20(22)18-27)17-25-3-5-31-7-9-33-11-13-35-14-12-34-10-8-32-6-4-25/h15-16,18H,3-14,17H2,1-2H3. The van der Waals surface area contributed by atoms with Gasteiger partial charge in [-0.1, -0.05) is 0 Å². The largest absolute Gasteiger partial charge is 0.378 e. The van der Waals surface area contributed by atoms with E-state index in [1.54, 1.807) is 14.1 Å². The third-order valence-electron chi connectivity index (χ3n) is 5.06. The third-order valence-corrected chi connectivity index (χ3v) is 6.30. The van der Waals surface area contributed by atoms with Gasteiger partial charge >= 0.3 is 0 Å². The summed E-state index contributed by atoms with van der Waals surface area (Å²) in [6.07, 6.45) is 0.540. The first kappa shape index (κ1) is 30.1. The van der Waals surface area contributed by atoms with Gasteiger partial charge in [0, 0.05) is 56.3 Å². The number of nitro benzene ring substituents is 1. The topological polar surface area (TPSA) is 130 Å². The molecule has 1 aliphatic rings. The average molecular weight is 530 g/mol. The SMILES string of the molecule is CN(C)C(=O)Sc1c(C=O)cc([N+](=O)[O-])cc1CN1CCOCCOCCOCCOCCOCC1. The highest BCUT2D eigenvalue weighted by Gasteiger charge is 2.22. The summed E-state index contributed by atoms with van der Waals surface area (Å²) in [5.41, 5.74) is 0.410. The smallest absolute Gasteiger partial charge is 0.285 e. The van der Waals surface area contributed by atoms with Crippen LogP contribution in [0.15, 0.2) is 17.0 Å². The van der Waals surface area contributed by atoms with E-state index in [1.165, 1.54) is 17.0 Å². The molecule has 1 heterocycles. The van der Waals surface area contributed by atoms with Gasteiger partial charge in [0.1, 0.15) is 0 Å². The minimum Gasteiger partial charge on any atom is -0.378 e. The zero-order valence-electron chi connectivity index (χ0n) is 20.8. The Kier molecular flexibility index (Phi) is 14.5. The van der Waals surface area contributed by atoms with Crippen LogP contribution in [0.1, 0.15) is 15.9 Å². The van der Waals surface area contributed by atoms with Crippen LogP contribution in [0, 0.1) is 10.1 Å². The number of carbonyl (C=O) groups is 2. The minimum atomic E-state index is -0.546. The number of rotatable bonds is 5. The van der Waals surface area contributed by atoms with E-state index in [-0.39, 0.29) is 23.0 Å². The maximum atomic E-state index is 12.4. The highest BCUT2D eigenvalue weighted by molar-refractivity contribution is 8.13. The molecule has 0 aliphatic carbocycles. The van der Waals surface area contributed by atoms with Crippen molar-refractivity contribution >= 4 is 29.0 Å². The molecule has 0 atom stereocenters. The Morgan fingerprint density at radius 2 is 1.42 bits per heavy atom. The molecule has 0 unspecified atom stereocenters. The number of aldehydes is 1. The molecule has 1 aromatic rings. The van der Waals surface area contributed by atoms with Gasteiger partial charge in [-0.25, -0.2) is 0 Å². The lowest BCUT2D eigenvalue weighted by Crippen LogP contribution is -2.32. The van der Waals surface area contributed by atoms with Crippen molar-refractivity contribution in [2.24, 2.45) is 0 Å². The highest BCUT2D eigenvalue weighted by Crippen LogP contribution is 2.32. The molecule has 0 bridgehead atoms. The van der Waals surface area contributed by atoms with Gasteiger partial charge in [0.05, 0.1) is 71.0 Å². The number of hydrogen-bond donors (Lipinski definition) is 0. The molecule has 2 rings (SSSR count). The van der Waals surface area contributed by atoms with E-state index >= 15 is 0 Å². The van der Waals surface area contributed by atoms with Crippen molar-refractivity contribution in [1.82, 2.24) is 9.80 Å². The fourth-order valence-corrected chi connectivity index (χ4v) is 4.03. The van der Waals surface area contributed by atoms with Gasteiger partial charge in [-0.05, 0) is 17.3 Å². The Morgan fingerprint density at radius 3 is 1.83 bits per heavy atom. The van der Waals surface area contributed by atoms with E-state index in [0.717, 1.165) is 11.8 Å². The molecule has 1 saturated heterocycles. The summed E-state index contributed by atoms with van der Waals surface area (Å²) < 4.78 is 27.7. The molecular formula is C23H35N3O9S. The van der Waals surface area contributed by atoms with Crippen LogP contribution in [0.4, 0.5) is 10.5 Å². The first-order valence-corrected chi connectivity index (χ1v) is 12.5. The fourth-order valence-electron chi connectivity index (χ4n) is 3.19. The van der Waals surface area contributed by atoms with Crippen LogP contribution in [0.2, 0.25) is 0 Å². The molecule has 13 heteroatoms. The van der Waals surface area contributed by atoms with Crippen LogP contribution in [-0.2, 0) is 30.2 Å². The molecule has 12 nitrogen and oxygen atoms in total. The van der Waals surface area contributed by atoms with Crippen molar-refractivity contribution in [2.75, 3.05) is 93.3 Å². The maximum Gasteiger partial charge on any atom is 0.285 e. The van der Waals surface area contributed by atoms with Gasteiger partial charge in [0.25, 0.3) is 10.9 Å². The van der Waals surface area contributed by atoms with Crippen LogP contribution in [0.5, 0.6) is 0 Å². The molecule has 1 aliphatic heterocycles. The third kappa shape index (κ3) is 11.3. The number of hydrogen-bond acceptors (Lipinski definition) is 11. The van der Waals surface area contributed by atoms with Crippen LogP contribution in [-0.4, -0.2) is 120 Å². The number of ether oxygens (including phenoxy) is 5. The number of nitro groups is 1. The molecule has 0 N–H and O–H groups in total. The van der Waals surface area contributed by atoms with Gasteiger partial charge in [0.15, 0.2) is 6.29 Å². The zero-order valence-corrected chi connectivity index (χ0v) is 21.7. The molecule has 1 fully saturated rings. The molecule has 1 amide bonds. The summed E-state index contributed by atoms with van der Waals surface area (Å²) in [5.74, 6) is 0. The van der Waals surface area contributed by atoms with E-state index in [9.17, 15) is 19.7 Å². The van der Waals surface area contributed by atoms with Crippen LogP contribution in [0.25, 0.3) is 0 Å². The number of amides is 1. The molecule has 0 saturated carbocycles. The van der Waals surface area contributed by atoms with Gasteiger partial charge in [-0.15, -0.1) is 0 Å². The van der Waals surface area contributed by atoms with Gasteiger partial charge in [0.2, 0.25) is 0 Å². The van der Waals surface area contributed by atoms with Crippen molar-refractivity contribution in [3.05, 3.63) is 33.4 Å². The number of non-ortho nitro benzene ring substituents is 1. The van der Waals surface area contributed by atoms with Crippen molar-refractivity contribution in [2.45, 2.75) is 11.4 Å². The van der Waals surface area contributed by atoms with Crippen LogP contribution >= 0.6 is 11.8 Å².